The van der Waals surface area contributed by atoms with E-state index >= 15 is 0 Å². The van der Waals surface area contributed by atoms with Crippen LogP contribution in [-0.2, 0) is 14.4 Å². The van der Waals surface area contributed by atoms with E-state index in [0.29, 0.717) is 17.3 Å². The maximum atomic E-state index is 12.4. The average molecular weight is 412 g/mol. The highest BCUT2D eigenvalue weighted by atomic mass is 35.5. The van der Waals surface area contributed by atoms with Crippen molar-refractivity contribution in [3.63, 3.8) is 0 Å². The lowest BCUT2D eigenvalue weighted by Gasteiger charge is -2.24. The number of halogens is 1. The van der Waals surface area contributed by atoms with Crippen LogP contribution >= 0.6 is 11.6 Å². The molecule has 1 rings (SSSR count). The predicted octanol–water partition coefficient (Wildman–Crippen LogP) is 0.865. The summed E-state index contributed by atoms with van der Waals surface area (Å²) in [6.45, 7) is 10.3. The number of amides is 3. The Kier molecular flexibility index (Phi) is 8.91. The van der Waals surface area contributed by atoms with Crippen LogP contribution in [0.1, 0.15) is 33.3 Å². The Balaban J connectivity index is 2.58. The van der Waals surface area contributed by atoms with Gasteiger partial charge < -0.3 is 20.4 Å². The highest BCUT2D eigenvalue weighted by Crippen LogP contribution is 2.19. The third-order valence-corrected chi connectivity index (χ3v) is 4.34. The number of hydrogen-bond acceptors (Lipinski definition) is 3. The molecule has 0 fully saturated rings. The van der Waals surface area contributed by atoms with E-state index in [9.17, 15) is 14.4 Å². The fraction of sp³-hybridized carbons (Fsp3) is 0.550. The van der Waals surface area contributed by atoms with Crippen molar-refractivity contribution in [1.29, 1.82) is 0 Å². The molecular weight excluding hydrogens is 380 g/mol. The van der Waals surface area contributed by atoms with Crippen LogP contribution in [0.4, 0.5) is 5.69 Å². The van der Waals surface area contributed by atoms with Crippen LogP contribution in [0.25, 0.3) is 0 Å². The van der Waals surface area contributed by atoms with Gasteiger partial charge in [0.15, 0.2) is 13.1 Å². The molecule has 0 aliphatic heterocycles. The monoisotopic (exact) mass is 411 g/mol. The first-order valence-electron chi connectivity index (χ1n) is 9.35. The summed E-state index contributed by atoms with van der Waals surface area (Å²) in [6, 6.07) is 5.30. The zero-order chi connectivity index (χ0) is 21.5. The smallest absolute Gasteiger partial charge is 0.279 e. The van der Waals surface area contributed by atoms with Crippen LogP contribution in [0.5, 0.6) is 0 Å². The SMILES string of the molecule is CC[NH+](CC(=O)Nc1cc(Cl)ccc1C)CC(=O)N(C)CC(=O)NC(C)(C)C. The van der Waals surface area contributed by atoms with Crippen molar-refractivity contribution in [3.8, 4) is 0 Å². The molecule has 3 N–H and O–H groups in total. The highest BCUT2D eigenvalue weighted by molar-refractivity contribution is 6.31. The van der Waals surface area contributed by atoms with E-state index in [0.717, 1.165) is 10.5 Å². The van der Waals surface area contributed by atoms with Gasteiger partial charge in [-0.05, 0) is 52.3 Å². The number of aryl methyl sites for hydroxylation is 1. The molecular formula is C20H32ClN4O3+. The molecule has 156 valence electrons. The second-order valence-electron chi connectivity index (χ2n) is 8.01. The molecule has 1 unspecified atom stereocenters. The van der Waals surface area contributed by atoms with Crippen molar-refractivity contribution in [2.75, 3.05) is 38.5 Å². The van der Waals surface area contributed by atoms with Crippen LogP contribution in [0.2, 0.25) is 5.02 Å². The first kappa shape index (κ1) is 23.9. The van der Waals surface area contributed by atoms with Gasteiger partial charge in [-0.2, -0.15) is 0 Å². The zero-order valence-electron chi connectivity index (χ0n) is 17.6. The average Bonchev–Trinajstić information content (AvgIpc) is 2.55. The fourth-order valence-electron chi connectivity index (χ4n) is 2.57. The molecule has 28 heavy (non-hydrogen) atoms. The summed E-state index contributed by atoms with van der Waals surface area (Å²) in [7, 11) is 1.59. The molecule has 0 heterocycles. The summed E-state index contributed by atoms with van der Waals surface area (Å²) < 4.78 is 0. The third kappa shape index (κ3) is 8.71. The maximum Gasteiger partial charge on any atom is 0.279 e. The molecule has 0 saturated heterocycles. The number of likely N-dealkylation sites (N-methyl/N-ethyl adjacent to an activating group) is 2. The number of hydrogen-bond donors (Lipinski definition) is 3. The van der Waals surface area contributed by atoms with E-state index < -0.39 is 0 Å². The molecule has 0 aliphatic carbocycles. The number of carbonyl (C=O) groups excluding carboxylic acids is 3. The normalized spacial score (nSPS) is 12.2. The van der Waals surface area contributed by atoms with Crippen LogP contribution in [0, 0.1) is 6.92 Å². The van der Waals surface area contributed by atoms with Gasteiger partial charge >= 0.3 is 0 Å². The molecule has 0 aliphatic rings. The van der Waals surface area contributed by atoms with Gasteiger partial charge in [0.25, 0.3) is 11.8 Å². The lowest BCUT2D eigenvalue weighted by molar-refractivity contribution is -0.881. The molecule has 0 bridgehead atoms. The van der Waals surface area contributed by atoms with Gasteiger partial charge in [0.1, 0.15) is 0 Å². The van der Waals surface area contributed by atoms with Crippen molar-refractivity contribution in [1.82, 2.24) is 10.2 Å². The quantitative estimate of drug-likeness (QED) is 0.593. The van der Waals surface area contributed by atoms with Crippen molar-refractivity contribution in [3.05, 3.63) is 28.8 Å². The van der Waals surface area contributed by atoms with Gasteiger partial charge in [-0.25, -0.2) is 0 Å². The van der Waals surface area contributed by atoms with E-state index in [2.05, 4.69) is 10.6 Å². The van der Waals surface area contributed by atoms with Crippen molar-refractivity contribution in [2.45, 2.75) is 40.2 Å². The third-order valence-electron chi connectivity index (χ3n) is 4.11. The van der Waals surface area contributed by atoms with Crippen LogP contribution in [0.15, 0.2) is 18.2 Å². The number of nitrogens with zero attached hydrogens (tertiary/aromatic N) is 1. The fourth-order valence-corrected chi connectivity index (χ4v) is 2.75. The topological polar surface area (TPSA) is 83.0 Å². The van der Waals surface area contributed by atoms with Gasteiger partial charge in [0, 0.05) is 23.3 Å². The van der Waals surface area contributed by atoms with Gasteiger partial charge in [-0.3, -0.25) is 14.4 Å². The summed E-state index contributed by atoms with van der Waals surface area (Å²) in [5.74, 6) is -0.591. The summed E-state index contributed by atoms with van der Waals surface area (Å²) in [6.07, 6.45) is 0. The van der Waals surface area contributed by atoms with Gasteiger partial charge in [-0.15, -0.1) is 0 Å². The minimum Gasteiger partial charge on any atom is -0.350 e. The Labute approximate surface area is 172 Å². The molecule has 7 nitrogen and oxygen atoms in total. The number of benzene rings is 1. The molecule has 1 atom stereocenters. The van der Waals surface area contributed by atoms with Crippen molar-refractivity contribution >= 4 is 35.0 Å². The molecule has 0 radical (unpaired) electrons. The Bertz CT molecular complexity index is 716. The summed E-state index contributed by atoms with van der Waals surface area (Å²) in [5.41, 5.74) is 1.23. The molecule has 0 saturated carbocycles. The lowest BCUT2D eigenvalue weighted by atomic mass is 10.1. The molecule has 1 aromatic carbocycles. The van der Waals surface area contributed by atoms with E-state index in [4.69, 9.17) is 11.6 Å². The Morgan fingerprint density at radius 2 is 1.79 bits per heavy atom. The largest absolute Gasteiger partial charge is 0.350 e. The zero-order valence-corrected chi connectivity index (χ0v) is 18.4. The molecule has 3 amide bonds. The van der Waals surface area contributed by atoms with E-state index in [1.54, 1.807) is 19.2 Å². The van der Waals surface area contributed by atoms with Gasteiger partial charge in [0.05, 0.1) is 13.1 Å². The Hall–Kier alpha value is -2.12. The maximum absolute atomic E-state index is 12.4. The first-order valence-corrected chi connectivity index (χ1v) is 9.73. The lowest BCUT2D eigenvalue weighted by Crippen LogP contribution is -3.13. The van der Waals surface area contributed by atoms with Crippen LogP contribution in [0.3, 0.4) is 0 Å². The molecule has 0 spiro atoms. The second kappa shape index (κ2) is 10.4. The second-order valence-corrected chi connectivity index (χ2v) is 8.45. The van der Waals surface area contributed by atoms with Gasteiger partial charge in [-0.1, -0.05) is 17.7 Å². The number of carbonyl (C=O) groups is 3. The van der Waals surface area contributed by atoms with E-state index in [-0.39, 0.29) is 42.9 Å². The minimum absolute atomic E-state index is 0.0129. The van der Waals surface area contributed by atoms with E-state index in [1.165, 1.54) is 4.90 Å². The predicted molar refractivity (Wildman–Crippen MR) is 112 cm³/mol. The summed E-state index contributed by atoms with van der Waals surface area (Å²) in [4.78, 5) is 39.0. The van der Waals surface area contributed by atoms with Crippen LogP contribution in [-0.4, -0.2) is 61.4 Å². The number of anilines is 1. The Morgan fingerprint density at radius 1 is 1.14 bits per heavy atom. The summed E-state index contributed by atoms with van der Waals surface area (Å²) >= 11 is 5.98. The summed E-state index contributed by atoms with van der Waals surface area (Å²) in [5, 5.41) is 6.22. The number of nitrogens with one attached hydrogen (secondary N) is 3. The van der Waals surface area contributed by atoms with Crippen molar-refractivity contribution in [2.24, 2.45) is 0 Å². The van der Waals surface area contributed by atoms with Gasteiger partial charge in [0.2, 0.25) is 5.91 Å². The molecule has 1 aromatic rings. The van der Waals surface area contributed by atoms with Crippen molar-refractivity contribution < 1.29 is 19.3 Å². The standard InChI is InChI=1S/C20H31ClN4O3/c1-7-25(12-17(26)22-16-10-15(21)9-8-14(16)2)13-19(28)24(6)11-18(27)23-20(3,4)5/h8-10H,7,11-13H2,1-6H3,(H,22,26)(H,23,27)/p+1. The van der Waals surface area contributed by atoms with E-state index in [1.807, 2.05) is 40.7 Å². The molecule has 0 aromatic heterocycles. The van der Waals surface area contributed by atoms with Crippen LogP contribution < -0.4 is 15.5 Å². The first-order chi connectivity index (χ1) is 12.9. The number of quaternary nitrogens is 1. The Morgan fingerprint density at radius 3 is 2.36 bits per heavy atom. The highest BCUT2D eigenvalue weighted by Gasteiger charge is 2.22. The minimum atomic E-state index is -0.349. The number of rotatable bonds is 8. The molecule has 8 heteroatoms.